The van der Waals surface area contributed by atoms with Crippen molar-refractivity contribution in [2.45, 2.75) is 13.5 Å². The third-order valence-corrected chi connectivity index (χ3v) is 3.56. The molecule has 0 fully saturated rings. The Morgan fingerprint density at radius 1 is 1.25 bits per heavy atom. The summed E-state index contributed by atoms with van der Waals surface area (Å²) in [4.78, 5) is 4.34. The van der Waals surface area contributed by atoms with Crippen molar-refractivity contribution in [1.29, 1.82) is 0 Å². The Morgan fingerprint density at radius 3 is 2.85 bits per heavy atom. The molecule has 0 spiro atoms. The van der Waals surface area contributed by atoms with E-state index in [0.717, 1.165) is 28.2 Å². The second-order valence-corrected chi connectivity index (χ2v) is 4.75. The Bertz CT molecular complexity index is 762. The Labute approximate surface area is 117 Å². The Kier molecular flexibility index (Phi) is 3.16. The zero-order valence-corrected chi connectivity index (χ0v) is 11.6. The van der Waals surface area contributed by atoms with Gasteiger partial charge in [-0.1, -0.05) is 12.1 Å². The maximum Gasteiger partial charge on any atom is 0.119 e. The van der Waals surface area contributed by atoms with Gasteiger partial charge >= 0.3 is 0 Å². The quantitative estimate of drug-likeness (QED) is 0.794. The molecule has 4 nitrogen and oxygen atoms in total. The lowest BCUT2D eigenvalue weighted by molar-refractivity contribution is 0.415. The molecule has 0 saturated heterocycles. The molecule has 1 aromatic carbocycles. The Balaban J connectivity index is 2.18. The summed E-state index contributed by atoms with van der Waals surface area (Å²) >= 11 is 0. The summed E-state index contributed by atoms with van der Waals surface area (Å²) in [5.41, 5.74) is 11.1. The van der Waals surface area contributed by atoms with Gasteiger partial charge in [0.15, 0.2) is 0 Å². The number of rotatable bonds is 3. The number of nitrogens with zero attached hydrogens (tertiary/aromatic N) is 2. The number of ether oxygens (including phenoxy) is 1. The molecule has 0 aliphatic heterocycles. The van der Waals surface area contributed by atoms with Gasteiger partial charge in [0, 0.05) is 23.3 Å². The number of hydrogen-bond acceptors (Lipinski definition) is 3. The molecule has 2 heterocycles. The lowest BCUT2D eigenvalue weighted by Crippen LogP contribution is -2.01. The van der Waals surface area contributed by atoms with Crippen molar-refractivity contribution < 1.29 is 4.74 Å². The number of hydrogen-bond donors (Lipinski definition) is 1. The van der Waals surface area contributed by atoms with Crippen molar-refractivity contribution in [3.8, 4) is 16.9 Å². The van der Waals surface area contributed by atoms with E-state index in [9.17, 15) is 0 Å². The molecule has 2 N–H and O–H groups in total. The molecule has 0 amide bonds. The molecular weight excluding hydrogens is 250 g/mol. The highest BCUT2D eigenvalue weighted by atomic mass is 16.5. The van der Waals surface area contributed by atoms with Crippen LogP contribution in [0.3, 0.4) is 0 Å². The molecule has 102 valence electrons. The highest BCUT2D eigenvalue weighted by Crippen LogP contribution is 2.29. The lowest BCUT2D eigenvalue weighted by Gasteiger charge is -2.04. The van der Waals surface area contributed by atoms with Crippen LogP contribution in [-0.2, 0) is 6.54 Å². The summed E-state index contributed by atoms with van der Waals surface area (Å²) in [6.07, 6.45) is 1.83. The van der Waals surface area contributed by atoms with Crippen molar-refractivity contribution in [2.75, 3.05) is 7.11 Å². The van der Waals surface area contributed by atoms with Gasteiger partial charge in [-0.2, -0.15) is 0 Å². The van der Waals surface area contributed by atoms with Crippen molar-refractivity contribution in [2.24, 2.45) is 5.73 Å². The highest BCUT2D eigenvalue weighted by molar-refractivity contribution is 5.74. The second-order valence-electron chi connectivity index (χ2n) is 4.75. The fourth-order valence-electron chi connectivity index (χ4n) is 2.44. The Hall–Kier alpha value is -2.33. The molecule has 2 aromatic heterocycles. The molecule has 4 heteroatoms. The molecule has 0 atom stereocenters. The van der Waals surface area contributed by atoms with Crippen LogP contribution < -0.4 is 10.5 Å². The summed E-state index contributed by atoms with van der Waals surface area (Å²) in [5.74, 6) is 0.859. The van der Waals surface area contributed by atoms with Crippen LogP contribution in [0.5, 0.6) is 5.75 Å². The first kappa shape index (κ1) is 12.7. The van der Waals surface area contributed by atoms with Gasteiger partial charge in [-0.3, -0.25) is 0 Å². The topological polar surface area (TPSA) is 52.5 Å². The predicted molar refractivity (Wildman–Crippen MR) is 79.8 cm³/mol. The van der Waals surface area contributed by atoms with Crippen LogP contribution in [0.15, 0.2) is 42.7 Å². The van der Waals surface area contributed by atoms with Crippen LogP contribution in [0, 0.1) is 6.92 Å². The minimum atomic E-state index is 0.454. The van der Waals surface area contributed by atoms with E-state index in [-0.39, 0.29) is 0 Å². The monoisotopic (exact) mass is 267 g/mol. The molecule has 0 bridgehead atoms. The molecule has 0 aliphatic carbocycles. The summed E-state index contributed by atoms with van der Waals surface area (Å²) in [7, 11) is 1.68. The third-order valence-electron chi connectivity index (χ3n) is 3.56. The van der Waals surface area contributed by atoms with Gasteiger partial charge in [0.1, 0.15) is 5.75 Å². The summed E-state index contributed by atoms with van der Waals surface area (Å²) in [6.45, 7) is 2.54. The average Bonchev–Trinajstić information content (AvgIpc) is 2.83. The molecule has 3 rings (SSSR count). The lowest BCUT2D eigenvalue weighted by atomic mass is 10.1. The second kappa shape index (κ2) is 4.98. The third kappa shape index (κ3) is 2.04. The highest BCUT2D eigenvalue weighted by Gasteiger charge is 2.09. The van der Waals surface area contributed by atoms with E-state index in [1.54, 1.807) is 7.11 Å². The molecule has 0 unspecified atom stereocenters. The minimum absolute atomic E-state index is 0.454. The first-order valence-corrected chi connectivity index (χ1v) is 6.54. The van der Waals surface area contributed by atoms with Crippen LogP contribution in [0.25, 0.3) is 16.6 Å². The van der Waals surface area contributed by atoms with Gasteiger partial charge < -0.3 is 14.9 Å². The molecule has 0 aliphatic rings. The van der Waals surface area contributed by atoms with Gasteiger partial charge in [-0.25, -0.2) is 4.98 Å². The van der Waals surface area contributed by atoms with E-state index in [0.29, 0.717) is 6.54 Å². The van der Waals surface area contributed by atoms with Gasteiger partial charge in [0.05, 0.1) is 19.1 Å². The normalized spacial score (nSPS) is 10.9. The van der Waals surface area contributed by atoms with E-state index >= 15 is 0 Å². The number of benzene rings is 1. The maximum atomic E-state index is 5.65. The largest absolute Gasteiger partial charge is 0.497 e. The van der Waals surface area contributed by atoms with Gasteiger partial charge in [0.2, 0.25) is 0 Å². The van der Waals surface area contributed by atoms with E-state index in [1.165, 1.54) is 5.56 Å². The Morgan fingerprint density at radius 2 is 2.10 bits per heavy atom. The van der Waals surface area contributed by atoms with E-state index in [1.807, 2.05) is 30.6 Å². The fourth-order valence-corrected chi connectivity index (χ4v) is 2.44. The SMILES string of the molecule is COc1cccc(-c2cc3cc(CN)ncn3c2C)c1. The van der Waals surface area contributed by atoms with Crippen LogP contribution in [0.1, 0.15) is 11.4 Å². The first-order valence-electron chi connectivity index (χ1n) is 6.54. The smallest absolute Gasteiger partial charge is 0.119 e. The van der Waals surface area contributed by atoms with E-state index in [2.05, 4.69) is 28.4 Å². The average molecular weight is 267 g/mol. The number of aromatic nitrogens is 2. The molecule has 3 aromatic rings. The van der Waals surface area contributed by atoms with Crippen molar-refractivity contribution in [1.82, 2.24) is 9.38 Å². The van der Waals surface area contributed by atoms with Crippen LogP contribution in [-0.4, -0.2) is 16.5 Å². The fraction of sp³-hybridized carbons (Fsp3) is 0.188. The van der Waals surface area contributed by atoms with Crippen LogP contribution >= 0.6 is 0 Å². The molecule has 20 heavy (non-hydrogen) atoms. The zero-order valence-electron chi connectivity index (χ0n) is 11.6. The zero-order chi connectivity index (χ0) is 14.1. The van der Waals surface area contributed by atoms with Gasteiger partial charge in [-0.15, -0.1) is 0 Å². The van der Waals surface area contributed by atoms with Gasteiger partial charge in [0.25, 0.3) is 0 Å². The number of fused-ring (bicyclic) bond motifs is 1. The molecule has 0 radical (unpaired) electrons. The number of aryl methyl sites for hydroxylation is 1. The van der Waals surface area contributed by atoms with Crippen molar-refractivity contribution in [3.63, 3.8) is 0 Å². The molecular formula is C16H17N3O. The standard InChI is InChI=1S/C16H17N3O/c1-11-16(12-4-3-5-15(6-12)20-2)8-14-7-13(9-17)18-10-19(11)14/h3-8,10H,9,17H2,1-2H3. The van der Waals surface area contributed by atoms with E-state index in [4.69, 9.17) is 10.5 Å². The summed E-state index contributed by atoms with van der Waals surface area (Å²) in [6, 6.07) is 12.3. The predicted octanol–water partition coefficient (Wildman–Crippen LogP) is 2.78. The van der Waals surface area contributed by atoms with Crippen LogP contribution in [0.4, 0.5) is 0 Å². The number of methoxy groups -OCH3 is 1. The summed E-state index contributed by atoms with van der Waals surface area (Å²) in [5, 5.41) is 0. The number of nitrogens with two attached hydrogens (primary N) is 1. The van der Waals surface area contributed by atoms with Gasteiger partial charge in [-0.05, 0) is 36.8 Å². The molecule has 0 saturated carbocycles. The van der Waals surface area contributed by atoms with E-state index < -0.39 is 0 Å². The van der Waals surface area contributed by atoms with Crippen molar-refractivity contribution in [3.05, 3.63) is 54.1 Å². The first-order chi connectivity index (χ1) is 9.72. The van der Waals surface area contributed by atoms with Crippen molar-refractivity contribution >= 4 is 5.52 Å². The summed E-state index contributed by atoms with van der Waals surface area (Å²) < 4.78 is 7.37. The maximum absolute atomic E-state index is 5.65. The minimum Gasteiger partial charge on any atom is -0.497 e. The van der Waals surface area contributed by atoms with Crippen LogP contribution in [0.2, 0.25) is 0 Å².